The van der Waals surface area contributed by atoms with Gasteiger partial charge in [-0.05, 0) is 108 Å². The van der Waals surface area contributed by atoms with E-state index in [1.807, 2.05) is 13.8 Å². The van der Waals surface area contributed by atoms with E-state index in [1.165, 1.54) is 12.5 Å². The number of aliphatic hydroxyl groups excluding tert-OH is 2. The first-order valence-corrected chi connectivity index (χ1v) is 16.8. The van der Waals surface area contributed by atoms with Crippen LogP contribution in [-0.2, 0) is 24.1 Å². The largest absolute Gasteiger partial charge is 0.435 e. The van der Waals surface area contributed by atoms with E-state index < -0.39 is 39.5 Å². The smallest absolute Gasteiger partial charge is 0.397 e. The molecule has 4 aliphatic carbocycles. The zero-order chi connectivity index (χ0) is 30.7. The van der Waals surface area contributed by atoms with Crippen molar-refractivity contribution in [1.82, 2.24) is 0 Å². The van der Waals surface area contributed by atoms with E-state index in [9.17, 15) is 28.0 Å². The van der Waals surface area contributed by atoms with Crippen molar-refractivity contribution in [3.05, 3.63) is 23.0 Å². The highest BCUT2D eigenvalue weighted by molar-refractivity contribution is 7.80. The minimum absolute atomic E-state index is 0.0162. The minimum atomic E-state index is -4.72. The maximum Gasteiger partial charge on any atom is 0.397 e. The molecule has 2 saturated carbocycles. The summed E-state index contributed by atoms with van der Waals surface area (Å²) in [6.45, 7) is 16.3. The molecule has 234 valence electrons. The normalized spacial score (nSPS) is 39.7. The summed E-state index contributed by atoms with van der Waals surface area (Å²) in [6, 6.07) is 0. The molecule has 9 atom stereocenters. The van der Waals surface area contributed by atoms with Gasteiger partial charge < -0.3 is 14.9 Å². The van der Waals surface area contributed by atoms with Crippen LogP contribution in [0, 0.1) is 45.8 Å². The Balaban J connectivity index is 1.59. The fourth-order valence-corrected chi connectivity index (χ4v) is 10.7. The standard InChI is InChI=1S/C32H52O8S/c1-18(2)21(17-39-20(4)33)10-9-19(3)23-12-13-24-22-11-14-27-30(5,6)29(40-41(36,37)38)26(35)16-32(27,8)28(22)25(34)15-31(23,24)7/h17-19,23-27,29,34-35H,9-16H2,1-8H3,(H,36,37,38)/t19-,23-,24+,25+,26-,27?,29-,31-,32+/m1/s1. The van der Waals surface area contributed by atoms with Crippen LogP contribution in [0.1, 0.15) is 107 Å². The molecular formula is C32H52O8S. The van der Waals surface area contributed by atoms with Crippen LogP contribution >= 0.6 is 0 Å². The van der Waals surface area contributed by atoms with Gasteiger partial charge in [0.15, 0.2) is 0 Å². The predicted molar refractivity (Wildman–Crippen MR) is 157 cm³/mol. The number of carbonyl (C=O) groups excluding carboxylic acids is 1. The molecule has 0 heterocycles. The molecule has 1 unspecified atom stereocenters. The summed E-state index contributed by atoms with van der Waals surface area (Å²) >= 11 is 0. The van der Waals surface area contributed by atoms with Gasteiger partial charge in [0.05, 0.1) is 18.5 Å². The van der Waals surface area contributed by atoms with Crippen molar-refractivity contribution in [2.75, 3.05) is 0 Å². The Kier molecular flexibility index (Phi) is 9.03. The number of hydrogen-bond donors (Lipinski definition) is 3. The SMILES string of the molecule is CC(=O)OC=C(CC[C@@H](C)[C@H]1CC[C@H]2C3=C([C@@H](O)C[C@]12C)[C@@]1(C)C[C@@H](O)[C@@H](OS(=O)(=O)O)C(C)(C)C1CC3)C(C)C. The molecule has 0 spiro atoms. The summed E-state index contributed by atoms with van der Waals surface area (Å²) in [5.74, 6) is 1.26. The van der Waals surface area contributed by atoms with Crippen LogP contribution in [0.4, 0.5) is 0 Å². The van der Waals surface area contributed by atoms with Crippen LogP contribution in [0.25, 0.3) is 0 Å². The van der Waals surface area contributed by atoms with Crippen molar-refractivity contribution < 1.29 is 36.9 Å². The summed E-state index contributed by atoms with van der Waals surface area (Å²) in [5, 5.41) is 23.1. The number of ether oxygens (including phenoxy) is 1. The average molecular weight is 597 g/mol. The summed E-state index contributed by atoms with van der Waals surface area (Å²) in [6.07, 6.45) is 5.55. The number of aliphatic hydroxyl groups is 2. The highest BCUT2D eigenvalue weighted by atomic mass is 32.3. The van der Waals surface area contributed by atoms with Crippen molar-refractivity contribution in [1.29, 1.82) is 0 Å². The molecule has 0 aliphatic heterocycles. The van der Waals surface area contributed by atoms with Crippen molar-refractivity contribution in [2.24, 2.45) is 45.8 Å². The van der Waals surface area contributed by atoms with Gasteiger partial charge in [0, 0.05) is 6.92 Å². The van der Waals surface area contributed by atoms with Gasteiger partial charge in [-0.15, -0.1) is 0 Å². The lowest BCUT2D eigenvalue weighted by Gasteiger charge is -2.62. The molecule has 0 radical (unpaired) electrons. The number of fused-ring (bicyclic) bond motifs is 4. The summed E-state index contributed by atoms with van der Waals surface area (Å²) in [7, 11) is -4.72. The van der Waals surface area contributed by atoms with E-state index in [0.29, 0.717) is 30.1 Å². The third kappa shape index (κ3) is 5.95. The number of rotatable bonds is 8. The monoisotopic (exact) mass is 596 g/mol. The Hall–Kier alpha value is -1.26. The van der Waals surface area contributed by atoms with Gasteiger partial charge in [-0.25, -0.2) is 4.18 Å². The predicted octanol–water partition coefficient (Wildman–Crippen LogP) is 5.99. The van der Waals surface area contributed by atoms with Crippen LogP contribution < -0.4 is 0 Å². The molecule has 8 nitrogen and oxygen atoms in total. The molecule has 2 fully saturated rings. The van der Waals surface area contributed by atoms with E-state index in [4.69, 9.17) is 8.92 Å². The topological polar surface area (TPSA) is 130 Å². The second kappa shape index (κ2) is 11.3. The van der Waals surface area contributed by atoms with Gasteiger partial charge in [-0.2, -0.15) is 8.42 Å². The first-order valence-electron chi connectivity index (χ1n) is 15.4. The van der Waals surface area contributed by atoms with E-state index in [1.54, 1.807) is 6.26 Å². The second-order valence-corrected chi connectivity index (χ2v) is 16.0. The maximum atomic E-state index is 11.9. The Morgan fingerprint density at radius 3 is 2.32 bits per heavy atom. The molecule has 9 heteroatoms. The van der Waals surface area contributed by atoms with Crippen LogP contribution in [0.15, 0.2) is 23.0 Å². The Bertz CT molecular complexity index is 1190. The molecular weight excluding hydrogens is 544 g/mol. The van der Waals surface area contributed by atoms with E-state index >= 15 is 0 Å². The van der Waals surface area contributed by atoms with Crippen molar-refractivity contribution in [3.63, 3.8) is 0 Å². The van der Waals surface area contributed by atoms with Gasteiger partial charge in [0.2, 0.25) is 0 Å². The van der Waals surface area contributed by atoms with Gasteiger partial charge in [0.25, 0.3) is 0 Å². The second-order valence-electron chi connectivity index (χ2n) is 14.9. The van der Waals surface area contributed by atoms with Gasteiger partial charge >= 0.3 is 16.4 Å². The van der Waals surface area contributed by atoms with Crippen LogP contribution in [0.5, 0.6) is 0 Å². The Morgan fingerprint density at radius 2 is 1.73 bits per heavy atom. The van der Waals surface area contributed by atoms with Gasteiger partial charge in [-0.3, -0.25) is 9.35 Å². The highest BCUT2D eigenvalue weighted by Crippen LogP contribution is 2.68. The van der Waals surface area contributed by atoms with Crippen LogP contribution in [0.2, 0.25) is 0 Å². The quantitative estimate of drug-likeness (QED) is 0.135. The number of allylic oxidation sites excluding steroid dienone is 2. The molecule has 4 aliphatic rings. The number of carbonyl (C=O) groups is 1. The first-order chi connectivity index (χ1) is 18.8. The zero-order valence-corrected chi connectivity index (χ0v) is 27.0. The lowest BCUT2D eigenvalue weighted by atomic mass is 9.45. The molecule has 0 saturated heterocycles. The van der Waals surface area contributed by atoms with Crippen molar-refractivity contribution in [3.8, 4) is 0 Å². The van der Waals surface area contributed by atoms with E-state index in [0.717, 1.165) is 49.7 Å². The number of hydrogen-bond acceptors (Lipinski definition) is 7. The molecule has 3 N–H and O–H groups in total. The van der Waals surface area contributed by atoms with E-state index in [-0.39, 0.29) is 23.7 Å². The highest BCUT2D eigenvalue weighted by Gasteiger charge is 2.63. The number of esters is 1. The molecule has 0 amide bonds. The van der Waals surface area contributed by atoms with E-state index in [2.05, 4.69) is 34.6 Å². The minimum Gasteiger partial charge on any atom is -0.435 e. The summed E-state index contributed by atoms with van der Waals surface area (Å²) in [4.78, 5) is 11.3. The molecule has 0 bridgehead atoms. The van der Waals surface area contributed by atoms with Crippen LogP contribution in [0.3, 0.4) is 0 Å². The summed E-state index contributed by atoms with van der Waals surface area (Å²) in [5.41, 5.74) is 2.30. The molecule has 0 aromatic heterocycles. The maximum absolute atomic E-state index is 11.9. The lowest BCUT2D eigenvalue weighted by Crippen LogP contribution is -2.61. The van der Waals surface area contributed by atoms with Crippen LogP contribution in [-0.4, -0.2) is 47.5 Å². The van der Waals surface area contributed by atoms with Crippen molar-refractivity contribution in [2.45, 2.75) is 125 Å². The fraction of sp³-hybridized carbons (Fsp3) is 0.844. The molecule has 41 heavy (non-hydrogen) atoms. The molecule has 0 aromatic rings. The fourth-order valence-electron chi connectivity index (χ4n) is 10.1. The summed E-state index contributed by atoms with van der Waals surface area (Å²) < 4.78 is 42.9. The Labute approximate surface area is 246 Å². The Morgan fingerprint density at radius 1 is 1.07 bits per heavy atom. The third-order valence-corrected chi connectivity index (χ3v) is 12.2. The van der Waals surface area contributed by atoms with Gasteiger partial charge in [0.1, 0.15) is 6.10 Å². The average Bonchev–Trinajstić information content (AvgIpc) is 3.16. The van der Waals surface area contributed by atoms with Crippen molar-refractivity contribution >= 4 is 16.4 Å². The molecule has 4 rings (SSSR count). The third-order valence-electron chi connectivity index (χ3n) is 11.8. The molecule has 0 aromatic carbocycles. The zero-order valence-electron chi connectivity index (χ0n) is 26.1. The first kappa shape index (κ1) is 32.6. The lowest BCUT2D eigenvalue weighted by molar-refractivity contribution is -0.151. The van der Waals surface area contributed by atoms with Gasteiger partial charge in [-0.1, -0.05) is 54.0 Å².